The lowest BCUT2D eigenvalue weighted by Crippen LogP contribution is -2.44. The molecule has 0 saturated heterocycles. The molecule has 28 heavy (non-hydrogen) atoms. The van der Waals surface area contributed by atoms with E-state index in [1.54, 1.807) is 24.3 Å². The highest BCUT2D eigenvalue weighted by Gasteiger charge is 2.29. The Kier molecular flexibility index (Phi) is 5.99. The summed E-state index contributed by atoms with van der Waals surface area (Å²) >= 11 is 0. The molecule has 0 radical (unpaired) electrons. The zero-order chi connectivity index (χ0) is 20.1. The van der Waals surface area contributed by atoms with Crippen molar-refractivity contribution in [3.8, 4) is 16.9 Å². The van der Waals surface area contributed by atoms with Gasteiger partial charge in [-0.2, -0.15) is 0 Å². The largest absolute Gasteiger partial charge is 0.496 e. The van der Waals surface area contributed by atoms with Crippen LogP contribution < -0.4 is 10.1 Å². The van der Waals surface area contributed by atoms with Crippen LogP contribution in [-0.2, 0) is 0 Å². The molecule has 0 aliphatic heterocycles. The topological polar surface area (TPSA) is 95.9 Å². The minimum absolute atomic E-state index is 0.134. The van der Waals surface area contributed by atoms with Gasteiger partial charge in [-0.05, 0) is 48.7 Å². The van der Waals surface area contributed by atoms with E-state index in [2.05, 4.69) is 5.32 Å². The Balaban J connectivity index is 1.78. The van der Waals surface area contributed by atoms with Crippen molar-refractivity contribution in [2.45, 2.75) is 37.7 Å². The van der Waals surface area contributed by atoms with Crippen molar-refractivity contribution >= 4 is 11.9 Å². The lowest BCUT2D eigenvalue weighted by atomic mass is 9.85. The van der Waals surface area contributed by atoms with Gasteiger partial charge in [-0.1, -0.05) is 31.4 Å². The number of rotatable bonds is 6. The summed E-state index contributed by atoms with van der Waals surface area (Å²) in [7, 11) is 1.48. The van der Waals surface area contributed by atoms with E-state index in [0.717, 1.165) is 24.8 Å². The molecule has 1 fully saturated rings. The van der Waals surface area contributed by atoms with Crippen LogP contribution in [0.1, 0.15) is 52.8 Å². The zero-order valence-electron chi connectivity index (χ0n) is 15.9. The predicted molar refractivity (Wildman–Crippen MR) is 106 cm³/mol. The highest BCUT2D eigenvalue weighted by atomic mass is 16.5. The lowest BCUT2D eigenvalue weighted by Gasteiger charge is -2.32. The van der Waals surface area contributed by atoms with E-state index in [4.69, 9.17) is 9.84 Å². The van der Waals surface area contributed by atoms with Crippen LogP contribution in [0.15, 0.2) is 42.5 Å². The maximum atomic E-state index is 12.6. The fourth-order valence-electron chi connectivity index (χ4n) is 3.62. The molecular formula is C22H25NO5. The number of hydrogen-bond acceptors (Lipinski definition) is 4. The van der Waals surface area contributed by atoms with Crippen LogP contribution in [0.4, 0.5) is 0 Å². The van der Waals surface area contributed by atoms with Gasteiger partial charge < -0.3 is 20.3 Å². The second-order valence-corrected chi connectivity index (χ2v) is 7.27. The van der Waals surface area contributed by atoms with E-state index in [0.29, 0.717) is 29.7 Å². The van der Waals surface area contributed by atoms with E-state index in [1.807, 2.05) is 6.07 Å². The molecule has 3 rings (SSSR count). The molecule has 1 aliphatic carbocycles. The van der Waals surface area contributed by atoms with Crippen molar-refractivity contribution in [2.75, 3.05) is 13.7 Å². The van der Waals surface area contributed by atoms with Crippen molar-refractivity contribution in [3.05, 3.63) is 53.6 Å². The van der Waals surface area contributed by atoms with Gasteiger partial charge in [-0.15, -0.1) is 0 Å². The molecule has 1 saturated carbocycles. The van der Waals surface area contributed by atoms with Crippen LogP contribution in [0.3, 0.4) is 0 Å². The first kappa shape index (κ1) is 19.9. The fourth-order valence-corrected chi connectivity index (χ4v) is 3.62. The Morgan fingerprint density at radius 1 is 1.07 bits per heavy atom. The van der Waals surface area contributed by atoms with E-state index in [-0.39, 0.29) is 18.0 Å². The van der Waals surface area contributed by atoms with E-state index < -0.39 is 11.6 Å². The molecule has 0 aromatic heterocycles. The van der Waals surface area contributed by atoms with E-state index in [1.165, 1.54) is 19.2 Å². The molecule has 2 aromatic carbocycles. The molecule has 3 N–H and O–H groups in total. The summed E-state index contributed by atoms with van der Waals surface area (Å²) in [5, 5.41) is 22.5. The summed E-state index contributed by atoms with van der Waals surface area (Å²) in [5.41, 5.74) is 1.24. The monoisotopic (exact) mass is 383 g/mol. The molecule has 0 bridgehead atoms. The Hall–Kier alpha value is -2.86. The third-order valence-electron chi connectivity index (χ3n) is 5.25. The summed E-state index contributed by atoms with van der Waals surface area (Å²) < 4.78 is 5.33. The van der Waals surface area contributed by atoms with Crippen molar-refractivity contribution in [2.24, 2.45) is 0 Å². The van der Waals surface area contributed by atoms with Crippen molar-refractivity contribution in [1.82, 2.24) is 5.32 Å². The summed E-state index contributed by atoms with van der Waals surface area (Å²) in [4.78, 5) is 23.7. The van der Waals surface area contributed by atoms with Gasteiger partial charge in [0, 0.05) is 17.7 Å². The van der Waals surface area contributed by atoms with Crippen LogP contribution in [0, 0.1) is 0 Å². The molecule has 6 nitrogen and oxygen atoms in total. The number of methoxy groups -OCH3 is 1. The zero-order valence-corrected chi connectivity index (χ0v) is 15.9. The second-order valence-electron chi connectivity index (χ2n) is 7.27. The second kappa shape index (κ2) is 8.44. The smallest absolute Gasteiger partial charge is 0.335 e. The molecule has 6 heteroatoms. The van der Waals surface area contributed by atoms with Gasteiger partial charge in [0.25, 0.3) is 5.91 Å². The first-order valence-electron chi connectivity index (χ1n) is 9.44. The minimum Gasteiger partial charge on any atom is -0.496 e. The minimum atomic E-state index is -1.03. The van der Waals surface area contributed by atoms with Gasteiger partial charge in [0.2, 0.25) is 0 Å². The number of hydrogen-bond donors (Lipinski definition) is 3. The number of carbonyl (C=O) groups excluding carboxylic acids is 1. The number of carbonyl (C=O) groups is 2. The average Bonchev–Trinajstić information content (AvgIpc) is 2.72. The molecule has 2 aromatic rings. The molecule has 1 aliphatic rings. The highest BCUT2D eigenvalue weighted by molar-refractivity contribution is 5.96. The Bertz CT molecular complexity index is 871. The number of ether oxygens (including phenoxy) is 1. The SMILES string of the molecule is COc1cc(C(=O)O)ccc1-c1cccc(C(=O)NCC2(O)CCCCC2)c1. The predicted octanol–water partition coefficient (Wildman–Crippen LogP) is 3.49. The summed E-state index contributed by atoms with van der Waals surface area (Å²) in [5.74, 6) is -0.852. The Morgan fingerprint density at radius 2 is 1.82 bits per heavy atom. The average molecular weight is 383 g/mol. The van der Waals surface area contributed by atoms with Crippen molar-refractivity contribution in [1.29, 1.82) is 0 Å². The van der Waals surface area contributed by atoms with Gasteiger partial charge in [0.1, 0.15) is 5.75 Å². The molecule has 0 heterocycles. The van der Waals surface area contributed by atoms with E-state index in [9.17, 15) is 14.7 Å². The Labute approximate surface area is 164 Å². The van der Waals surface area contributed by atoms with Crippen LogP contribution in [-0.4, -0.2) is 41.3 Å². The standard InChI is InChI=1S/C22H25NO5/c1-28-19-13-17(21(25)26)8-9-18(19)15-6-5-7-16(12-15)20(24)23-14-22(27)10-3-2-4-11-22/h5-9,12-13,27H,2-4,10-11,14H2,1H3,(H,23,24)(H,25,26). The maximum absolute atomic E-state index is 12.6. The molecule has 0 spiro atoms. The highest BCUT2D eigenvalue weighted by Crippen LogP contribution is 2.32. The number of carboxylic acid groups (broad SMARTS) is 1. The molecule has 0 atom stereocenters. The molecular weight excluding hydrogens is 358 g/mol. The first-order valence-corrected chi connectivity index (χ1v) is 9.44. The van der Waals surface area contributed by atoms with Crippen LogP contribution in [0.25, 0.3) is 11.1 Å². The number of carboxylic acids is 1. The molecule has 0 unspecified atom stereocenters. The maximum Gasteiger partial charge on any atom is 0.335 e. The van der Waals surface area contributed by atoms with E-state index >= 15 is 0 Å². The number of aliphatic hydroxyl groups is 1. The Morgan fingerprint density at radius 3 is 2.50 bits per heavy atom. The van der Waals surface area contributed by atoms with Gasteiger partial charge in [-0.3, -0.25) is 4.79 Å². The van der Waals surface area contributed by atoms with Crippen molar-refractivity contribution in [3.63, 3.8) is 0 Å². The van der Waals surface area contributed by atoms with Crippen LogP contribution in [0.5, 0.6) is 5.75 Å². The summed E-state index contributed by atoms with van der Waals surface area (Å²) in [6, 6.07) is 11.7. The van der Waals surface area contributed by atoms with Gasteiger partial charge in [-0.25, -0.2) is 4.79 Å². The normalized spacial score (nSPS) is 15.6. The first-order chi connectivity index (χ1) is 13.4. The number of nitrogens with one attached hydrogen (secondary N) is 1. The third-order valence-corrected chi connectivity index (χ3v) is 5.25. The van der Waals surface area contributed by atoms with Crippen LogP contribution in [0.2, 0.25) is 0 Å². The number of amides is 1. The quantitative estimate of drug-likeness (QED) is 0.710. The van der Waals surface area contributed by atoms with Crippen LogP contribution >= 0.6 is 0 Å². The lowest BCUT2D eigenvalue weighted by molar-refractivity contribution is 0.00525. The third kappa shape index (κ3) is 4.51. The summed E-state index contributed by atoms with van der Waals surface area (Å²) in [6.45, 7) is 0.243. The van der Waals surface area contributed by atoms with Gasteiger partial charge >= 0.3 is 5.97 Å². The van der Waals surface area contributed by atoms with Crippen molar-refractivity contribution < 1.29 is 24.5 Å². The molecule has 1 amide bonds. The fraction of sp³-hybridized carbons (Fsp3) is 0.364. The number of benzene rings is 2. The summed E-state index contributed by atoms with van der Waals surface area (Å²) in [6.07, 6.45) is 4.50. The number of aromatic carboxylic acids is 1. The van der Waals surface area contributed by atoms with Gasteiger partial charge in [0.05, 0.1) is 18.3 Å². The van der Waals surface area contributed by atoms with Gasteiger partial charge in [0.15, 0.2) is 0 Å². The molecule has 148 valence electrons.